The highest BCUT2D eigenvalue weighted by molar-refractivity contribution is 7.89. The average molecular weight is 431 g/mol. The third-order valence-electron chi connectivity index (χ3n) is 6.02. The van der Waals surface area contributed by atoms with Gasteiger partial charge in [-0.3, -0.25) is 4.90 Å². The molecule has 1 fully saturated rings. The summed E-state index contributed by atoms with van der Waals surface area (Å²) in [6.45, 7) is 6.68. The van der Waals surface area contributed by atoms with Crippen molar-refractivity contribution in [2.75, 3.05) is 26.4 Å². The molecule has 3 heterocycles. The molecule has 0 aromatic heterocycles. The summed E-state index contributed by atoms with van der Waals surface area (Å²) in [5, 5.41) is 0. The Labute approximate surface area is 177 Å². The first-order valence-corrected chi connectivity index (χ1v) is 11.7. The second-order valence-electron chi connectivity index (χ2n) is 8.52. The van der Waals surface area contributed by atoms with Crippen molar-refractivity contribution in [3.8, 4) is 17.2 Å². The molecule has 0 amide bonds. The summed E-state index contributed by atoms with van der Waals surface area (Å²) in [7, 11) is -3.61. The third-order valence-corrected chi connectivity index (χ3v) is 8.08. The molecule has 160 valence electrons. The molecule has 2 aromatic rings. The van der Waals surface area contributed by atoms with Crippen LogP contribution in [0.1, 0.15) is 25.8 Å². The molecule has 1 atom stereocenters. The van der Waals surface area contributed by atoms with Gasteiger partial charge >= 0.3 is 0 Å². The summed E-state index contributed by atoms with van der Waals surface area (Å²) in [6.07, 6.45) is 0.768. The maximum atomic E-state index is 13.3. The van der Waals surface area contributed by atoms with Crippen LogP contribution in [0.15, 0.2) is 47.4 Å². The molecule has 30 heavy (non-hydrogen) atoms. The second kappa shape index (κ2) is 7.14. The molecule has 3 aliphatic heterocycles. The molecular formula is C22H26N2O5S. The Balaban J connectivity index is 1.42. The van der Waals surface area contributed by atoms with Gasteiger partial charge in [0.25, 0.3) is 0 Å². The molecule has 2 aromatic carbocycles. The lowest BCUT2D eigenvalue weighted by Crippen LogP contribution is -2.51. The van der Waals surface area contributed by atoms with Crippen LogP contribution in [0.4, 0.5) is 0 Å². The van der Waals surface area contributed by atoms with Crippen molar-refractivity contribution in [1.82, 2.24) is 9.21 Å². The Morgan fingerprint density at radius 3 is 2.67 bits per heavy atom. The van der Waals surface area contributed by atoms with Gasteiger partial charge in [-0.05, 0) is 43.7 Å². The van der Waals surface area contributed by atoms with E-state index >= 15 is 0 Å². The van der Waals surface area contributed by atoms with Crippen LogP contribution in [-0.4, -0.2) is 55.7 Å². The molecule has 1 saturated heterocycles. The maximum absolute atomic E-state index is 13.3. The predicted octanol–water partition coefficient (Wildman–Crippen LogP) is 2.85. The molecule has 1 spiro atoms. The average Bonchev–Trinajstić information content (AvgIpc) is 3.31. The minimum absolute atomic E-state index is 0.149. The minimum atomic E-state index is -3.61. The standard InChI is InChI=1S/C22H26N2O5S/c1-16(2)24-14-22(29-19-5-3-4-6-21(19)30(24,25)26)9-10-23(13-22)12-17-7-8-18-20(11-17)28-15-27-18/h3-8,11,16H,9-10,12-15H2,1-2H3. The number of para-hydroxylation sites is 1. The monoisotopic (exact) mass is 430 g/mol. The van der Waals surface area contributed by atoms with Gasteiger partial charge in [-0.1, -0.05) is 18.2 Å². The molecule has 7 nitrogen and oxygen atoms in total. The Hall–Kier alpha value is -2.29. The first-order valence-electron chi connectivity index (χ1n) is 10.3. The van der Waals surface area contributed by atoms with Crippen LogP contribution in [0.5, 0.6) is 17.2 Å². The van der Waals surface area contributed by atoms with Crippen LogP contribution in [-0.2, 0) is 16.6 Å². The zero-order valence-corrected chi connectivity index (χ0v) is 18.0. The number of sulfonamides is 1. The van der Waals surface area contributed by atoms with E-state index in [4.69, 9.17) is 14.2 Å². The summed E-state index contributed by atoms with van der Waals surface area (Å²) < 4.78 is 45.5. The van der Waals surface area contributed by atoms with Crippen LogP contribution < -0.4 is 14.2 Å². The molecule has 0 aliphatic carbocycles. The van der Waals surface area contributed by atoms with Gasteiger partial charge in [0.05, 0.1) is 6.54 Å². The molecule has 0 radical (unpaired) electrons. The quantitative estimate of drug-likeness (QED) is 0.746. The summed E-state index contributed by atoms with van der Waals surface area (Å²) >= 11 is 0. The van der Waals surface area contributed by atoms with Gasteiger partial charge < -0.3 is 14.2 Å². The fourth-order valence-corrected chi connectivity index (χ4v) is 6.37. The Bertz CT molecular complexity index is 1070. The SMILES string of the molecule is CC(C)N1CC2(CCN(Cc3ccc4c(c3)OCO4)C2)Oc2ccccc2S1(=O)=O. The van der Waals surface area contributed by atoms with Gasteiger partial charge in [-0.2, -0.15) is 4.31 Å². The van der Waals surface area contributed by atoms with Gasteiger partial charge in [0.1, 0.15) is 16.2 Å². The number of nitrogens with zero attached hydrogens (tertiary/aromatic N) is 2. The van der Waals surface area contributed by atoms with E-state index < -0.39 is 15.6 Å². The van der Waals surface area contributed by atoms with Gasteiger partial charge in [0.15, 0.2) is 11.5 Å². The molecular weight excluding hydrogens is 404 g/mol. The molecule has 8 heteroatoms. The molecule has 0 N–H and O–H groups in total. The Morgan fingerprint density at radius 1 is 1.03 bits per heavy atom. The molecule has 0 bridgehead atoms. The van der Waals surface area contributed by atoms with Crippen LogP contribution in [0.3, 0.4) is 0 Å². The van der Waals surface area contributed by atoms with Crippen molar-refractivity contribution >= 4 is 10.0 Å². The van der Waals surface area contributed by atoms with E-state index in [9.17, 15) is 8.42 Å². The van der Waals surface area contributed by atoms with Crippen molar-refractivity contribution in [2.24, 2.45) is 0 Å². The van der Waals surface area contributed by atoms with E-state index in [1.807, 2.05) is 38.1 Å². The molecule has 1 unspecified atom stereocenters. The fraction of sp³-hybridized carbons (Fsp3) is 0.455. The van der Waals surface area contributed by atoms with Crippen molar-refractivity contribution in [1.29, 1.82) is 0 Å². The predicted molar refractivity (Wildman–Crippen MR) is 111 cm³/mol. The largest absolute Gasteiger partial charge is 0.483 e. The highest BCUT2D eigenvalue weighted by Crippen LogP contribution is 2.40. The number of benzene rings is 2. The summed E-state index contributed by atoms with van der Waals surface area (Å²) in [6, 6.07) is 12.8. The molecule has 5 rings (SSSR count). The van der Waals surface area contributed by atoms with Crippen LogP contribution in [0.2, 0.25) is 0 Å². The topological polar surface area (TPSA) is 68.3 Å². The second-order valence-corrected chi connectivity index (χ2v) is 10.4. The van der Waals surface area contributed by atoms with Crippen molar-refractivity contribution in [3.63, 3.8) is 0 Å². The van der Waals surface area contributed by atoms with E-state index in [0.717, 1.165) is 36.6 Å². The first-order chi connectivity index (χ1) is 14.4. The van der Waals surface area contributed by atoms with Crippen LogP contribution >= 0.6 is 0 Å². The highest BCUT2D eigenvalue weighted by Gasteiger charge is 2.48. The summed E-state index contributed by atoms with van der Waals surface area (Å²) in [5.41, 5.74) is 0.568. The van der Waals surface area contributed by atoms with Crippen molar-refractivity contribution in [3.05, 3.63) is 48.0 Å². The molecule has 3 aliphatic rings. The number of rotatable bonds is 3. The smallest absolute Gasteiger partial charge is 0.247 e. The van der Waals surface area contributed by atoms with Crippen molar-refractivity contribution < 1.29 is 22.6 Å². The number of ether oxygens (including phenoxy) is 3. The lowest BCUT2D eigenvalue weighted by Gasteiger charge is -2.33. The van der Waals surface area contributed by atoms with Gasteiger partial charge in [0.2, 0.25) is 16.8 Å². The van der Waals surface area contributed by atoms with E-state index in [2.05, 4.69) is 4.90 Å². The Morgan fingerprint density at radius 2 is 1.83 bits per heavy atom. The van der Waals surface area contributed by atoms with E-state index in [1.54, 1.807) is 22.5 Å². The first kappa shape index (κ1) is 19.7. The van der Waals surface area contributed by atoms with Gasteiger partial charge in [-0.25, -0.2) is 8.42 Å². The normalized spacial score (nSPS) is 25.3. The lowest BCUT2D eigenvalue weighted by molar-refractivity contribution is 0.0532. The van der Waals surface area contributed by atoms with E-state index in [-0.39, 0.29) is 17.7 Å². The zero-order chi connectivity index (χ0) is 20.9. The van der Waals surface area contributed by atoms with E-state index in [0.29, 0.717) is 18.8 Å². The fourth-order valence-electron chi connectivity index (χ4n) is 4.54. The van der Waals surface area contributed by atoms with Crippen LogP contribution in [0.25, 0.3) is 0 Å². The van der Waals surface area contributed by atoms with E-state index in [1.165, 1.54) is 0 Å². The summed E-state index contributed by atoms with van der Waals surface area (Å²) in [5.74, 6) is 2.00. The minimum Gasteiger partial charge on any atom is -0.483 e. The van der Waals surface area contributed by atoms with Gasteiger partial charge in [-0.15, -0.1) is 0 Å². The van der Waals surface area contributed by atoms with Crippen LogP contribution in [0, 0.1) is 0 Å². The Kier molecular flexibility index (Phi) is 4.68. The number of hydrogen-bond donors (Lipinski definition) is 0. The summed E-state index contributed by atoms with van der Waals surface area (Å²) in [4.78, 5) is 2.57. The molecule has 0 saturated carbocycles. The van der Waals surface area contributed by atoms with Crippen molar-refractivity contribution in [2.45, 2.75) is 43.4 Å². The highest BCUT2D eigenvalue weighted by atomic mass is 32.2. The number of likely N-dealkylation sites (tertiary alicyclic amines) is 1. The zero-order valence-electron chi connectivity index (χ0n) is 17.2. The van der Waals surface area contributed by atoms with Gasteiger partial charge in [0, 0.05) is 32.1 Å². The lowest BCUT2D eigenvalue weighted by atomic mass is 10.0. The number of fused-ring (bicyclic) bond motifs is 2. The number of hydrogen-bond acceptors (Lipinski definition) is 6. The maximum Gasteiger partial charge on any atom is 0.247 e. The third kappa shape index (κ3) is 3.33.